The minimum absolute atomic E-state index is 0.307. The Bertz CT molecular complexity index is 697. The van der Waals surface area contributed by atoms with Gasteiger partial charge in [-0.25, -0.2) is 4.79 Å². The zero-order valence-corrected chi connectivity index (χ0v) is 12.8. The van der Waals surface area contributed by atoms with E-state index in [4.69, 9.17) is 5.11 Å². The minimum atomic E-state index is -0.900. The summed E-state index contributed by atoms with van der Waals surface area (Å²) in [5.74, 6) is -0.900. The normalized spacial score (nSPS) is 9.81. The van der Waals surface area contributed by atoms with Gasteiger partial charge in [0.2, 0.25) is 0 Å². The predicted molar refractivity (Wildman–Crippen MR) is 87.4 cm³/mol. The molecule has 0 saturated heterocycles. The number of thiophene rings is 1. The molecular weight excluding hydrogens is 282 g/mol. The molecule has 3 aromatic rings. The van der Waals surface area contributed by atoms with Crippen molar-refractivity contribution in [2.45, 2.75) is 13.8 Å². The average molecular weight is 299 g/mol. The quantitative estimate of drug-likeness (QED) is 0.745. The SMILES string of the molecule is CC.O=C(O)c1ccc(-c2ccn(-c3cccs3)c2)cc1. The molecule has 3 nitrogen and oxygen atoms in total. The molecule has 0 amide bonds. The summed E-state index contributed by atoms with van der Waals surface area (Å²) in [6.07, 6.45) is 4.05. The van der Waals surface area contributed by atoms with Gasteiger partial charge in [0.15, 0.2) is 0 Å². The molecule has 4 heteroatoms. The number of aromatic nitrogens is 1. The molecule has 0 fully saturated rings. The van der Waals surface area contributed by atoms with Crippen LogP contribution in [0.5, 0.6) is 0 Å². The first-order valence-corrected chi connectivity index (χ1v) is 7.67. The van der Waals surface area contributed by atoms with Crippen LogP contribution in [0.3, 0.4) is 0 Å². The van der Waals surface area contributed by atoms with Crippen molar-refractivity contribution in [3.8, 4) is 16.1 Å². The van der Waals surface area contributed by atoms with E-state index in [1.165, 1.54) is 0 Å². The van der Waals surface area contributed by atoms with Crippen molar-refractivity contribution in [1.29, 1.82) is 0 Å². The topological polar surface area (TPSA) is 42.2 Å². The van der Waals surface area contributed by atoms with E-state index in [2.05, 4.69) is 10.6 Å². The van der Waals surface area contributed by atoms with Gasteiger partial charge < -0.3 is 9.67 Å². The summed E-state index contributed by atoms with van der Waals surface area (Å²) in [6.45, 7) is 4.00. The van der Waals surface area contributed by atoms with Crippen LogP contribution in [0, 0.1) is 0 Å². The van der Waals surface area contributed by atoms with Crippen LogP contribution in [0.1, 0.15) is 24.2 Å². The summed E-state index contributed by atoms with van der Waals surface area (Å²) in [7, 11) is 0. The molecule has 2 aromatic heterocycles. The van der Waals surface area contributed by atoms with Gasteiger partial charge in [-0.2, -0.15) is 0 Å². The highest BCUT2D eigenvalue weighted by atomic mass is 32.1. The van der Waals surface area contributed by atoms with Crippen LogP contribution in [0.15, 0.2) is 60.2 Å². The van der Waals surface area contributed by atoms with Crippen molar-refractivity contribution in [2.75, 3.05) is 0 Å². The number of carboxylic acid groups (broad SMARTS) is 1. The zero-order valence-electron chi connectivity index (χ0n) is 12.0. The summed E-state index contributed by atoms with van der Waals surface area (Å²) in [5.41, 5.74) is 2.40. The van der Waals surface area contributed by atoms with Gasteiger partial charge >= 0.3 is 5.97 Å². The van der Waals surface area contributed by atoms with E-state index in [0.717, 1.165) is 16.1 Å². The Morgan fingerprint density at radius 2 is 1.76 bits per heavy atom. The number of hydrogen-bond donors (Lipinski definition) is 1. The zero-order chi connectivity index (χ0) is 15.2. The lowest BCUT2D eigenvalue weighted by Gasteiger charge is -1.99. The number of nitrogens with zero attached hydrogens (tertiary/aromatic N) is 1. The fourth-order valence-corrected chi connectivity index (χ4v) is 2.62. The van der Waals surface area contributed by atoms with Gasteiger partial charge in [-0.1, -0.05) is 26.0 Å². The molecule has 0 aliphatic carbocycles. The van der Waals surface area contributed by atoms with Crippen molar-refractivity contribution in [1.82, 2.24) is 4.57 Å². The summed E-state index contributed by atoms with van der Waals surface area (Å²) >= 11 is 1.68. The van der Waals surface area contributed by atoms with Gasteiger partial charge in [-0.3, -0.25) is 0 Å². The smallest absolute Gasteiger partial charge is 0.335 e. The Morgan fingerprint density at radius 3 is 2.33 bits per heavy atom. The molecule has 0 bridgehead atoms. The molecule has 2 heterocycles. The Morgan fingerprint density at radius 1 is 1.05 bits per heavy atom. The van der Waals surface area contributed by atoms with Gasteiger partial charge in [-0.05, 0) is 46.8 Å². The number of hydrogen-bond acceptors (Lipinski definition) is 2. The van der Waals surface area contributed by atoms with Crippen molar-refractivity contribution in [3.05, 3.63) is 65.8 Å². The second-order valence-electron chi connectivity index (χ2n) is 4.14. The van der Waals surface area contributed by atoms with E-state index in [1.807, 2.05) is 55.9 Å². The summed E-state index contributed by atoms with van der Waals surface area (Å²) < 4.78 is 2.06. The van der Waals surface area contributed by atoms with Gasteiger partial charge in [0.05, 0.1) is 10.6 Å². The van der Waals surface area contributed by atoms with Crippen LogP contribution >= 0.6 is 11.3 Å². The van der Waals surface area contributed by atoms with Crippen LogP contribution in [-0.4, -0.2) is 15.6 Å². The third kappa shape index (κ3) is 3.41. The van der Waals surface area contributed by atoms with Crippen LogP contribution < -0.4 is 0 Å². The molecule has 3 rings (SSSR count). The van der Waals surface area contributed by atoms with Gasteiger partial charge in [0, 0.05) is 12.4 Å². The minimum Gasteiger partial charge on any atom is -0.478 e. The lowest BCUT2D eigenvalue weighted by molar-refractivity contribution is 0.0697. The Kier molecular flexibility index (Phi) is 4.95. The number of carbonyl (C=O) groups is 1. The van der Waals surface area contributed by atoms with Crippen molar-refractivity contribution >= 4 is 17.3 Å². The summed E-state index contributed by atoms with van der Waals surface area (Å²) in [4.78, 5) is 10.8. The third-order valence-electron chi connectivity index (χ3n) is 2.92. The fourth-order valence-electron chi connectivity index (χ4n) is 1.93. The maximum atomic E-state index is 10.8. The highest BCUT2D eigenvalue weighted by Crippen LogP contribution is 2.23. The largest absolute Gasteiger partial charge is 0.478 e. The lowest BCUT2D eigenvalue weighted by Crippen LogP contribution is -1.94. The molecule has 1 aromatic carbocycles. The van der Waals surface area contributed by atoms with Crippen LogP contribution in [0.2, 0.25) is 0 Å². The molecule has 0 unspecified atom stereocenters. The monoisotopic (exact) mass is 299 g/mol. The average Bonchev–Trinajstić information content (AvgIpc) is 3.20. The van der Waals surface area contributed by atoms with Gasteiger partial charge in [-0.15, -0.1) is 11.3 Å². The third-order valence-corrected chi connectivity index (χ3v) is 3.80. The number of benzene rings is 1. The molecule has 0 radical (unpaired) electrons. The van der Waals surface area contributed by atoms with E-state index < -0.39 is 5.97 Å². The summed E-state index contributed by atoms with van der Waals surface area (Å²) in [6, 6.07) is 13.0. The Balaban J connectivity index is 0.000000774. The Hall–Kier alpha value is -2.33. The number of aromatic carboxylic acids is 1. The maximum Gasteiger partial charge on any atom is 0.335 e. The van der Waals surface area contributed by atoms with Crippen LogP contribution in [0.25, 0.3) is 16.1 Å². The number of carboxylic acids is 1. The molecule has 1 N–H and O–H groups in total. The maximum absolute atomic E-state index is 10.8. The van der Waals surface area contributed by atoms with E-state index in [9.17, 15) is 4.79 Å². The van der Waals surface area contributed by atoms with Gasteiger partial charge in [0.1, 0.15) is 0 Å². The van der Waals surface area contributed by atoms with Crippen LogP contribution in [0.4, 0.5) is 0 Å². The van der Waals surface area contributed by atoms with Gasteiger partial charge in [0.25, 0.3) is 0 Å². The van der Waals surface area contributed by atoms with E-state index in [1.54, 1.807) is 23.5 Å². The second kappa shape index (κ2) is 6.90. The lowest BCUT2D eigenvalue weighted by atomic mass is 10.1. The van der Waals surface area contributed by atoms with E-state index in [0.29, 0.717) is 5.56 Å². The first-order valence-electron chi connectivity index (χ1n) is 6.79. The van der Waals surface area contributed by atoms with Crippen molar-refractivity contribution < 1.29 is 9.90 Å². The predicted octanol–water partition coefficient (Wildman–Crippen LogP) is 4.93. The molecular formula is C17H17NO2S. The molecule has 108 valence electrons. The summed E-state index contributed by atoms with van der Waals surface area (Å²) in [5, 5.41) is 12.1. The molecule has 0 saturated carbocycles. The standard InChI is InChI=1S/C15H11NO2S.C2H6/c17-15(18)12-5-3-11(4-6-12)13-7-8-16(10-13)14-2-1-9-19-14;1-2/h1-10H,(H,17,18);1-2H3. The van der Waals surface area contributed by atoms with Crippen LogP contribution in [-0.2, 0) is 0 Å². The first kappa shape index (κ1) is 15.1. The molecule has 0 aliphatic rings. The Labute approximate surface area is 128 Å². The fraction of sp³-hybridized carbons (Fsp3) is 0.118. The van der Waals surface area contributed by atoms with Crippen molar-refractivity contribution in [3.63, 3.8) is 0 Å². The highest BCUT2D eigenvalue weighted by molar-refractivity contribution is 7.12. The van der Waals surface area contributed by atoms with E-state index >= 15 is 0 Å². The first-order chi connectivity index (χ1) is 10.2. The molecule has 0 spiro atoms. The second-order valence-corrected chi connectivity index (χ2v) is 5.07. The van der Waals surface area contributed by atoms with Crippen molar-refractivity contribution in [2.24, 2.45) is 0 Å². The van der Waals surface area contributed by atoms with E-state index in [-0.39, 0.29) is 0 Å². The molecule has 0 aliphatic heterocycles. The molecule has 21 heavy (non-hydrogen) atoms. The molecule has 0 atom stereocenters. The highest BCUT2D eigenvalue weighted by Gasteiger charge is 2.05. The number of rotatable bonds is 3.